The van der Waals surface area contributed by atoms with E-state index in [4.69, 9.17) is 9.47 Å². The second kappa shape index (κ2) is 7.90. The SMILES string of the molecule is CC(=O)OC(C)C(=O)Oc1ccccc1CCC(=O)C(C)(C)C. The lowest BCUT2D eigenvalue weighted by Crippen LogP contribution is -2.27. The summed E-state index contributed by atoms with van der Waals surface area (Å²) in [7, 11) is 0. The van der Waals surface area contributed by atoms with Crippen LogP contribution in [0.2, 0.25) is 0 Å². The van der Waals surface area contributed by atoms with Gasteiger partial charge < -0.3 is 9.47 Å². The third-order valence-corrected chi connectivity index (χ3v) is 3.32. The van der Waals surface area contributed by atoms with Crippen LogP contribution in [0.25, 0.3) is 0 Å². The molecule has 126 valence electrons. The predicted octanol–water partition coefficient (Wildman–Crippen LogP) is 3.09. The molecular weight excluding hydrogens is 296 g/mol. The Kier molecular flexibility index (Phi) is 6.49. The van der Waals surface area contributed by atoms with Crippen LogP contribution < -0.4 is 4.74 Å². The van der Waals surface area contributed by atoms with Gasteiger partial charge in [0.1, 0.15) is 11.5 Å². The first-order valence-electron chi connectivity index (χ1n) is 7.61. The van der Waals surface area contributed by atoms with E-state index < -0.39 is 23.5 Å². The lowest BCUT2D eigenvalue weighted by Gasteiger charge is -2.17. The maximum Gasteiger partial charge on any atom is 0.352 e. The molecule has 0 aliphatic carbocycles. The van der Waals surface area contributed by atoms with Gasteiger partial charge in [0.05, 0.1) is 0 Å². The number of ether oxygens (including phenoxy) is 2. The first-order chi connectivity index (χ1) is 10.6. The fourth-order valence-electron chi connectivity index (χ4n) is 1.92. The monoisotopic (exact) mass is 320 g/mol. The molecule has 1 aromatic carbocycles. The Morgan fingerprint density at radius 1 is 1.13 bits per heavy atom. The zero-order valence-corrected chi connectivity index (χ0v) is 14.3. The van der Waals surface area contributed by atoms with E-state index in [1.54, 1.807) is 12.1 Å². The van der Waals surface area contributed by atoms with Gasteiger partial charge in [0.25, 0.3) is 0 Å². The summed E-state index contributed by atoms with van der Waals surface area (Å²) >= 11 is 0. The van der Waals surface area contributed by atoms with Gasteiger partial charge in [-0.05, 0) is 25.0 Å². The molecule has 0 heterocycles. The highest BCUT2D eigenvalue weighted by molar-refractivity contribution is 5.84. The number of hydrogen-bond donors (Lipinski definition) is 0. The third-order valence-electron chi connectivity index (χ3n) is 3.32. The summed E-state index contributed by atoms with van der Waals surface area (Å²) in [4.78, 5) is 34.8. The van der Waals surface area contributed by atoms with Crippen molar-refractivity contribution in [3.63, 3.8) is 0 Å². The average molecular weight is 320 g/mol. The molecule has 1 rings (SSSR count). The van der Waals surface area contributed by atoms with Gasteiger partial charge >= 0.3 is 11.9 Å². The van der Waals surface area contributed by atoms with Crippen molar-refractivity contribution in [1.82, 2.24) is 0 Å². The standard InChI is InChI=1S/C18H24O5/c1-12(22-13(2)19)17(21)23-15-9-7-6-8-14(15)10-11-16(20)18(3,4)5/h6-9,12H,10-11H2,1-5H3. The Bertz CT molecular complexity index is 583. The molecular formula is C18H24O5. The average Bonchev–Trinajstić information content (AvgIpc) is 2.44. The van der Waals surface area contributed by atoms with E-state index >= 15 is 0 Å². The Morgan fingerprint density at radius 3 is 2.30 bits per heavy atom. The number of rotatable bonds is 6. The molecule has 0 amide bonds. The molecule has 0 aliphatic rings. The summed E-state index contributed by atoms with van der Waals surface area (Å²) in [5.74, 6) is -0.654. The van der Waals surface area contributed by atoms with Gasteiger partial charge in [-0.25, -0.2) is 4.79 Å². The van der Waals surface area contributed by atoms with E-state index in [2.05, 4.69) is 0 Å². The molecule has 0 radical (unpaired) electrons. The van der Waals surface area contributed by atoms with Gasteiger partial charge in [-0.15, -0.1) is 0 Å². The van der Waals surface area contributed by atoms with Crippen molar-refractivity contribution in [2.24, 2.45) is 5.41 Å². The van der Waals surface area contributed by atoms with Crippen LogP contribution in [0.5, 0.6) is 5.75 Å². The summed E-state index contributed by atoms with van der Waals surface area (Å²) in [6.45, 7) is 8.32. The molecule has 0 aromatic heterocycles. The lowest BCUT2D eigenvalue weighted by atomic mass is 9.87. The van der Waals surface area contributed by atoms with E-state index in [0.717, 1.165) is 5.56 Å². The predicted molar refractivity (Wildman–Crippen MR) is 86.1 cm³/mol. The minimum absolute atomic E-state index is 0.145. The molecule has 5 nitrogen and oxygen atoms in total. The molecule has 0 saturated carbocycles. The summed E-state index contributed by atoms with van der Waals surface area (Å²) in [6.07, 6.45) is -0.115. The topological polar surface area (TPSA) is 69.7 Å². The normalized spacial score (nSPS) is 12.4. The van der Waals surface area contributed by atoms with Gasteiger partial charge in [-0.2, -0.15) is 0 Å². The number of esters is 2. The zero-order chi connectivity index (χ0) is 17.6. The molecule has 1 aromatic rings. The van der Waals surface area contributed by atoms with Crippen LogP contribution in [0.3, 0.4) is 0 Å². The molecule has 23 heavy (non-hydrogen) atoms. The maximum atomic E-state index is 12.0. The maximum absolute atomic E-state index is 12.0. The van der Waals surface area contributed by atoms with Crippen LogP contribution in [0.1, 0.15) is 46.6 Å². The molecule has 0 N–H and O–H groups in total. The van der Waals surface area contributed by atoms with Crippen molar-refractivity contribution in [2.75, 3.05) is 0 Å². The van der Waals surface area contributed by atoms with Crippen molar-refractivity contribution in [1.29, 1.82) is 0 Å². The Balaban J connectivity index is 2.76. The molecule has 1 atom stereocenters. The van der Waals surface area contributed by atoms with Gasteiger partial charge in [-0.1, -0.05) is 39.0 Å². The highest BCUT2D eigenvalue weighted by Crippen LogP contribution is 2.23. The van der Waals surface area contributed by atoms with Crippen LogP contribution >= 0.6 is 0 Å². The summed E-state index contributed by atoms with van der Waals surface area (Å²) in [5, 5.41) is 0. The van der Waals surface area contributed by atoms with E-state index in [1.165, 1.54) is 13.8 Å². The highest BCUT2D eigenvalue weighted by atomic mass is 16.6. The van der Waals surface area contributed by atoms with E-state index in [1.807, 2.05) is 32.9 Å². The molecule has 0 saturated heterocycles. The quantitative estimate of drug-likeness (QED) is 0.595. The number of hydrogen-bond acceptors (Lipinski definition) is 5. The van der Waals surface area contributed by atoms with Crippen molar-refractivity contribution >= 4 is 17.7 Å². The summed E-state index contributed by atoms with van der Waals surface area (Å²) in [6, 6.07) is 7.04. The number of carbonyl (C=O) groups excluding carboxylic acids is 3. The summed E-state index contributed by atoms with van der Waals surface area (Å²) in [5.41, 5.74) is 0.378. The van der Waals surface area contributed by atoms with Crippen molar-refractivity contribution < 1.29 is 23.9 Å². The number of aryl methyl sites for hydroxylation is 1. The first-order valence-corrected chi connectivity index (χ1v) is 7.61. The Morgan fingerprint density at radius 2 is 1.74 bits per heavy atom. The van der Waals surface area contributed by atoms with Crippen LogP contribution in [-0.4, -0.2) is 23.8 Å². The fraction of sp³-hybridized carbons (Fsp3) is 0.500. The second-order valence-corrected chi connectivity index (χ2v) is 6.45. The molecule has 0 bridgehead atoms. The van der Waals surface area contributed by atoms with E-state index in [0.29, 0.717) is 18.6 Å². The number of para-hydroxylation sites is 1. The van der Waals surface area contributed by atoms with Crippen LogP contribution in [0.4, 0.5) is 0 Å². The Labute approximate surface area is 137 Å². The van der Waals surface area contributed by atoms with Gasteiger partial charge in [0, 0.05) is 18.8 Å². The summed E-state index contributed by atoms with van der Waals surface area (Å²) < 4.78 is 10.1. The first kappa shape index (κ1) is 18.9. The van der Waals surface area contributed by atoms with Crippen molar-refractivity contribution in [2.45, 2.75) is 53.6 Å². The second-order valence-electron chi connectivity index (χ2n) is 6.45. The van der Waals surface area contributed by atoms with Crippen LogP contribution in [0.15, 0.2) is 24.3 Å². The van der Waals surface area contributed by atoms with Gasteiger partial charge in [0.2, 0.25) is 0 Å². The van der Waals surface area contributed by atoms with E-state index in [-0.39, 0.29) is 5.78 Å². The molecule has 5 heteroatoms. The molecule has 1 unspecified atom stereocenters. The third kappa shape index (κ3) is 6.22. The smallest absolute Gasteiger partial charge is 0.352 e. The Hall–Kier alpha value is -2.17. The fourth-order valence-corrected chi connectivity index (χ4v) is 1.92. The minimum Gasteiger partial charge on any atom is -0.451 e. The van der Waals surface area contributed by atoms with Gasteiger partial charge in [-0.3, -0.25) is 9.59 Å². The number of carbonyl (C=O) groups is 3. The largest absolute Gasteiger partial charge is 0.451 e. The van der Waals surface area contributed by atoms with Crippen molar-refractivity contribution in [3.8, 4) is 5.75 Å². The van der Waals surface area contributed by atoms with Gasteiger partial charge in [0.15, 0.2) is 6.10 Å². The number of Topliss-reactive ketones (excluding diaryl/α,β-unsaturated/α-hetero) is 1. The van der Waals surface area contributed by atoms with Crippen LogP contribution in [-0.2, 0) is 25.5 Å². The van der Waals surface area contributed by atoms with E-state index in [9.17, 15) is 14.4 Å². The number of ketones is 1. The highest BCUT2D eigenvalue weighted by Gasteiger charge is 2.22. The molecule has 0 aliphatic heterocycles. The van der Waals surface area contributed by atoms with Crippen LogP contribution in [0, 0.1) is 5.41 Å². The zero-order valence-electron chi connectivity index (χ0n) is 14.3. The van der Waals surface area contributed by atoms with Crippen molar-refractivity contribution in [3.05, 3.63) is 29.8 Å². The lowest BCUT2D eigenvalue weighted by molar-refractivity contribution is -0.159. The minimum atomic E-state index is -0.975. The molecule has 0 spiro atoms. The molecule has 0 fully saturated rings. The number of benzene rings is 1.